The molecule has 0 amide bonds. The van der Waals surface area contributed by atoms with Crippen LogP contribution in [0.2, 0.25) is 10.0 Å². The molecule has 0 aliphatic carbocycles. The van der Waals surface area contributed by atoms with Gasteiger partial charge in [0.1, 0.15) is 5.82 Å². The molecule has 0 saturated carbocycles. The molecule has 0 unspecified atom stereocenters. The Kier molecular flexibility index (Phi) is 5.60. The van der Waals surface area contributed by atoms with Crippen LogP contribution in [0.1, 0.15) is 11.1 Å². The van der Waals surface area contributed by atoms with Gasteiger partial charge in [0.05, 0.1) is 5.52 Å². The van der Waals surface area contributed by atoms with Crippen molar-refractivity contribution >= 4 is 45.9 Å². The molecule has 2 N–H and O–H groups in total. The van der Waals surface area contributed by atoms with Crippen LogP contribution in [0.15, 0.2) is 72.8 Å². The lowest BCUT2D eigenvalue weighted by Crippen LogP contribution is -2.08. The van der Waals surface area contributed by atoms with Gasteiger partial charge in [-0.1, -0.05) is 71.7 Å². The average Bonchev–Trinajstić information content (AvgIpc) is 2.72. The summed E-state index contributed by atoms with van der Waals surface area (Å²) in [6.45, 7) is 1.19. The van der Waals surface area contributed by atoms with E-state index in [0.717, 1.165) is 22.3 Å². The summed E-state index contributed by atoms with van der Waals surface area (Å²) >= 11 is 12.2. The third kappa shape index (κ3) is 4.35. The molecule has 0 fully saturated rings. The molecule has 6 heteroatoms. The van der Waals surface area contributed by atoms with Crippen molar-refractivity contribution in [3.63, 3.8) is 0 Å². The van der Waals surface area contributed by atoms with Crippen molar-refractivity contribution in [1.82, 2.24) is 9.97 Å². The van der Waals surface area contributed by atoms with Crippen LogP contribution in [0.5, 0.6) is 0 Å². The van der Waals surface area contributed by atoms with Crippen molar-refractivity contribution in [3.05, 3.63) is 94.0 Å². The molecule has 0 aliphatic heterocycles. The van der Waals surface area contributed by atoms with E-state index in [1.165, 1.54) is 5.56 Å². The summed E-state index contributed by atoms with van der Waals surface area (Å²) in [4.78, 5) is 9.30. The second kappa shape index (κ2) is 8.46. The van der Waals surface area contributed by atoms with Crippen LogP contribution >= 0.6 is 23.2 Å². The van der Waals surface area contributed by atoms with E-state index in [-0.39, 0.29) is 0 Å². The number of fused-ring (bicyclic) bond motifs is 1. The Morgan fingerprint density at radius 3 is 2.36 bits per heavy atom. The number of hydrogen-bond acceptors (Lipinski definition) is 4. The van der Waals surface area contributed by atoms with E-state index in [0.29, 0.717) is 29.1 Å². The highest BCUT2D eigenvalue weighted by molar-refractivity contribution is 6.35. The minimum absolute atomic E-state index is 0.506. The first kappa shape index (κ1) is 18.5. The maximum absolute atomic E-state index is 6.26. The van der Waals surface area contributed by atoms with E-state index in [4.69, 9.17) is 23.2 Å². The number of para-hydroxylation sites is 1. The highest BCUT2D eigenvalue weighted by Gasteiger charge is 2.08. The molecule has 3 aromatic carbocycles. The molecule has 4 rings (SSSR count). The first-order chi connectivity index (χ1) is 13.7. The van der Waals surface area contributed by atoms with E-state index in [9.17, 15) is 0 Å². The lowest BCUT2D eigenvalue weighted by atomic mass is 10.2. The van der Waals surface area contributed by atoms with E-state index < -0.39 is 0 Å². The molecule has 0 spiro atoms. The van der Waals surface area contributed by atoms with Gasteiger partial charge in [0.25, 0.3) is 0 Å². The zero-order valence-corrected chi connectivity index (χ0v) is 16.5. The zero-order valence-electron chi connectivity index (χ0n) is 15.0. The van der Waals surface area contributed by atoms with Crippen molar-refractivity contribution < 1.29 is 0 Å². The Morgan fingerprint density at radius 1 is 0.750 bits per heavy atom. The first-order valence-electron chi connectivity index (χ1n) is 8.91. The summed E-state index contributed by atoms with van der Waals surface area (Å²) in [6.07, 6.45) is 0. The van der Waals surface area contributed by atoms with Crippen LogP contribution in [0.4, 0.5) is 11.8 Å². The van der Waals surface area contributed by atoms with Gasteiger partial charge in [-0.3, -0.25) is 0 Å². The second-order valence-corrected chi connectivity index (χ2v) is 7.19. The Bertz CT molecular complexity index is 1100. The van der Waals surface area contributed by atoms with Gasteiger partial charge in [-0.05, 0) is 35.4 Å². The Morgan fingerprint density at radius 2 is 1.54 bits per heavy atom. The number of anilines is 2. The van der Waals surface area contributed by atoms with Gasteiger partial charge in [-0.15, -0.1) is 0 Å². The highest BCUT2D eigenvalue weighted by atomic mass is 35.5. The van der Waals surface area contributed by atoms with Gasteiger partial charge in [0.2, 0.25) is 5.95 Å². The van der Waals surface area contributed by atoms with Crippen LogP contribution in [0, 0.1) is 0 Å². The summed E-state index contributed by atoms with van der Waals surface area (Å²) in [6, 6.07) is 23.6. The van der Waals surface area contributed by atoms with Crippen molar-refractivity contribution in [1.29, 1.82) is 0 Å². The predicted octanol–water partition coefficient (Wildman–Crippen LogP) is 6.16. The molecule has 1 heterocycles. The molecule has 0 saturated heterocycles. The summed E-state index contributed by atoms with van der Waals surface area (Å²) in [5, 5.41) is 8.90. The van der Waals surface area contributed by atoms with E-state index in [1.54, 1.807) is 6.07 Å². The average molecular weight is 409 g/mol. The number of nitrogens with zero attached hydrogens (tertiary/aromatic N) is 2. The number of benzene rings is 3. The lowest BCUT2D eigenvalue weighted by Gasteiger charge is -2.12. The fraction of sp³-hybridized carbons (Fsp3) is 0.0909. The van der Waals surface area contributed by atoms with Gasteiger partial charge < -0.3 is 10.6 Å². The Hall–Kier alpha value is -2.82. The molecule has 0 radical (unpaired) electrons. The number of hydrogen-bond donors (Lipinski definition) is 2. The maximum atomic E-state index is 6.26. The SMILES string of the molecule is Clc1ccc(CNc2nc(NCc3ccccc3)c3ccccc3n2)c(Cl)c1. The van der Waals surface area contributed by atoms with Gasteiger partial charge in [-0.25, -0.2) is 4.98 Å². The molecule has 0 atom stereocenters. The minimum Gasteiger partial charge on any atom is -0.365 e. The first-order valence-corrected chi connectivity index (χ1v) is 9.67. The number of aromatic nitrogens is 2. The number of nitrogens with one attached hydrogen (secondary N) is 2. The molecular formula is C22H18Cl2N4. The molecule has 140 valence electrons. The van der Waals surface area contributed by atoms with E-state index >= 15 is 0 Å². The molecule has 1 aromatic heterocycles. The fourth-order valence-electron chi connectivity index (χ4n) is 2.91. The van der Waals surface area contributed by atoms with E-state index in [1.807, 2.05) is 54.6 Å². The normalized spacial score (nSPS) is 10.8. The largest absolute Gasteiger partial charge is 0.365 e. The summed E-state index contributed by atoms with van der Waals surface area (Å²) in [7, 11) is 0. The lowest BCUT2D eigenvalue weighted by molar-refractivity contribution is 1.05. The smallest absolute Gasteiger partial charge is 0.225 e. The van der Waals surface area contributed by atoms with Crippen LogP contribution in [-0.2, 0) is 13.1 Å². The summed E-state index contributed by atoms with van der Waals surface area (Å²) < 4.78 is 0. The molecule has 28 heavy (non-hydrogen) atoms. The Labute approximate surface area is 173 Å². The standard InChI is InChI=1S/C22H18Cl2N4/c23-17-11-10-16(19(24)12-17)14-26-22-27-20-9-5-4-8-18(20)21(28-22)25-13-15-6-2-1-3-7-15/h1-12H,13-14H2,(H2,25,26,27,28). The molecular weight excluding hydrogens is 391 g/mol. The third-order valence-corrected chi connectivity index (χ3v) is 4.95. The van der Waals surface area contributed by atoms with Crippen LogP contribution in [0.25, 0.3) is 10.9 Å². The molecule has 4 nitrogen and oxygen atoms in total. The van der Waals surface area contributed by atoms with Crippen LogP contribution < -0.4 is 10.6 Å². The molecule has 4 aromatic rings. The maximum Gasteiger partial charge on any atom is 0.225 e. The quantitative estimate of drug-likeness (QED) is 0.400. The summed E-state index contributed by atoms with van der Waals surface area (Å²) in [5.41, 5.74) is 2.99. The van der Waals surface area contributed by atoms with Gasteiger partial charge >= 0.3 is 0 Å². The van der Waals surface area contributed by atoms with Crippen LogP contribution in [-0.4, -0.2) is 9.97 Å². The second-order valence-electron chi connectivity index (χ2n) is 6.34. The number of halogens is 2. The third-order valence-electron chi connectivity index (χ3n) is 4.36. The van der Waals surface area contributed by atoms with Gasteiger partial charge in [0.15, 0.2) is 0 Å². The summed E-state index contributed by atoms with van der Waals surface area (Å²) in [5.74, 6) is 1.33. The van der Waals surface area contributed by atoms with Gasteiger partial charge in [0, 0.05) is 28.5 Å². The van der Waals surface area contributed by atoms with Crippen molar-refractivity contribution in [2.75, 3.05) is 10.6 Å². The monoisotopic (exact) mass is 408 g/mol. The topological polar surface area (TPSA) is 49.8 Å². The number of rotatable bonds is 6. The molecule has 0 aliphatic rings. The molecule has 0 bridgehead atoms. The fourth-order valence-corrected chi connectivity index (χ4v) is 3.39. The van der Waals surface area contributed by atoms with Gasteiger partial charge in [-0.2, -0.15) is 4.98 Å². The zero-order chi connectivity index (χ0) is 19.3. The highest BCUT2D eigenvalue weighted by Crippen LogP contribution is 2.24. The van der Waals surface area contributed by atoms with E-state index in [2.05, 4.69) is 32.7 Å². The predicted molar refractivity (Wildman–Crippen MR) is 117 cm³/mol. The van der Waals surface area contributed by atoms with Crippen LogP contribution in [0.3, 0.4) is 0 Å². The Balaban J connectivity index is 1.58. The van der Waals surface area contributed by atoms with Crippen molar-refractivity contribution in [3.8, 4) is 0 Å². The van der Waals surface area contributed by atoms with Crippen molar-refractivity contribution in [2.45, 2.75) is 13.1 Å². The van der Waals surface area contributed by atoms with Crippen molar-refractivity contribution in [2.24, 2.45) is 0 Å². The minimum atomic E-state index is 0.506.